The molecule has 0 amide bonds. The molecule has 3 heterocycles. The van der Waals surface area contributed by atoms with Gasteiger partial charge in [0.1, 0.15) is 24.0 Å². The third-order valence-electron chi connectivity index (χ3n) is 5.27. The highest BCUT2D eigenvalue weighted by atomic mass is 15.2. The number of hydrogen-bond donors (Lipinski definition) is 1. The van der Waals surface area contributed by atoms with Crippen molar-refractivity contribution in [2.45, 2.75) is 39.8 Å². The van der Waals surface area contributed by atoms with Crippen LogP contribution < -0.4 is 10.2 Å². The second kappa shape index (κ2) is 7.84. The van der Waals surface area contributed by atoms with Crippen LogP contribution in [0, 0.1) is 25.2 Å². The van der Waals surface area contributed by atoms with Gasteiger partial charge >= 0.3 is 0 Å². The molecule has 2 aromatic heterocycles. The van der Waals surface area contributed by atoms with Gasteiger partial charge in [-0.1, -0.05) is 6.07 Å². The summed E-state index contributed by atoms with van der Waals surface area (Å²) in [6, 6.07) is 8.35. The van der Waals surface area contributed by atoms with E-state index in [9.17, 15) is 5.26 Å². The first kappa shape index (κ1) is 18.8. The number of benzene rings is 1. The topological polar surface area (TPSA) is 90.6 Å². The van der Waals surface area contributed by atoms with Crippen LogP contribution in [-0.4, -0.2) is 26.5 Å². The molecule has 0 unspecified atom stereocenters. The molecule has 1 aromatic carbocycles. The number of rotatable bonds is 4. The van der Waals surface area contributed by atoms with Crippen molar-refractivity contribution in [3.8, 4) is 6.07 Å². The molecule has 1 aliphatic rings. The number of aromatic nitrogens is 4. The molecule has 7 heteroatoms. The first-order valence-electron chi connectivity index (χ1n) is 9.68. The van der Waals surface area contributed by atoms with Gasteiger partial charge < -0.3 is 10.2 Å². The average Bonchev–Trinajstić information content (AvgIpc) is 2.74. The SMILES string of the molecule is Cc1ccc(N2CCc3ncnc(N[C@@H](C)c4cnc(C)nc4)c3C2)c(C#N)c1. The molecule has 1 N–H and O–H groups in total. The number of aryl methyl sites for hydroxylation is 2. The van der Waals surface area contributed by atoms with Crippen molar-refractivity contribution in [1.82, 2.24) is 19.9 Å². The molecule has 146 valence electrons. The summed E-state index contributed by atoms with van der Waals surface area (Å²) in [5.41, 5.74) is 5.87. The second-order valence-electron chi connectivity index (χ2n) is 7.38. The maximum absolute atomic E-state index is 9.56. The number of nitrogens with zero attached hydrogens (tertiary/aromatic N) is 6. The number of hydrogen-bond acceptors (Lipinski definition) is 7. The van der Waals surface area contributed by atoms with E-state index in [0.29, 0.717) is 12.1 Å². The van der Waals surface area contributed by atoms with Gasteiger partial charge in [0.25, 0.3) is 0 Å². The lowest BCUT2D eigenvalue weighted by atomic mass is 10.0. The molecule has 3 aromatic rings. The average molecular weight is 385 g/mol. The molecule has 0 saturated carbocycles. The zero-order valence-electron chi connectivity index (χ0n) is 16.8. The van der Waals surface area contributed by atoms with Crippen molar-refractivity contribution in [2.24, 2.45) is 0 Å². The summed E-state index contributed by atoms with van der Waals surface area (Å²) in [7, 11) is 0. The zero-order valence-corrected chi connectivity index (χ0v) is 16.8. The first-order chi connectivity index (χ1) is 14.0. The Labute approximate surface area is 170 Å². The van der Waals surface area contributed by atoms with Crippen molar-refractivity contribution < 1.29 is 0 Å². The maximum Gasteiger partial charge on any atom is 0.135 e. The minimum absolute atomic E-state index is 0.0130. The summed E-state index contributed by atoms with van der Waals surface area (Å²) in [6.07, 6.45) is 6.10. The minimum Gasteiger partial charge on any atom is -0.366 e. The van der Waals surface area contributed by atoms with Crippen LogP contribution in [0.4, 0.5) is 11.5 Å². The summed E-state index contributed by atoms with van der Waals surface area (Å²) < 4.78 is 0. The predicted molar refractivity (Wildman–Crippen MR) is 111 cm³/mol. The van der Waals surface area contributed by atoms with Gasteiger partial charge in [-0.25, -0.2) is 19.9 Å². The molecule has 0 radical (unpaired) electrons. The Morgan fingerprint density at radius 2 is 1.93 bits per heavy atom. The highest BCUT2D eigenvalue weighted by molar-refractivity contribution is 5.62. The fraction of sp³-hybridized carbons (Fsp3) is 0.318. The summed E-state index contributed by atoms with van der Waals surface area (Å²) in [5, 5.41) is 13.1. The second-order valence-corrected chi connectivity index (χ2v) is 7.38. The van der Waals surface area contributed by atoms with Gasteiger partial charge in [0.15, 0.2) is 0 Å². The number of nitrogens with one attached hydrogen (secondary N) is 1. The Morgan fingerprint density at radius 1 is 1.14 bits per heavy atom. The van der Waals surface area contributed by atoms with Crippen LogP contribution in [0.3, 0.4) is 0 Å². The molecule has 7 nitrogen and oxygen atoms in total. The Kier molecular flexibility index (Phi) is 5.09. The fourth-order valence-electron chi connectivity index (χ4n) is 3.60. The van der Waals surface area contributed by atoms with Crippen LogP contribution >= 0.6 is 0 Å². The van der Waals surface area contributed by atoms with Crippen LogP contribution in [0.1, 0.15) is 46.7 Å². The summed E-state index contributed by atoms with van der Waals surface area (Å²) in [4.78, 5) is 19.8. The van der Waals surface area contributed by atoms with E-state index in [2.05, 4.69) is 43.1 Å². The Hall–Kier alpha value is -3.53. The van der Waals surface area contributed by atoms with E-state index in [4.69, 9.17) is 0 Å². The van der Waals surface area contributed by atoms with Crippen molar-refractivity contribution in [2.75, 3.05) is 16.8 Å². The molecule has 1 aliphatic heterocycles. The van der Waals surface area contributed by atoms with Crippen molar-refractivity contribution in [3.05, 3.63) is 70.7 Å². The smallest absolute Gasteiger partial charge is 0.135 e. The van der Waals surface area contributed by atoms with E-state index in [-0.39, 0.29) is 6.04 Å². The zero-order chi connectivity index (χ0) is 20.4. The van der Waals surface area contributed by atoms with Crippen LogP contribution in [-0.2, 0) is 13.0 Å². The molecule has 29 heavy (non-hydrogen) atoms. The predicted octanol–water partition coefficient (Wildman–Crippen LogP) is 3.49. The molecule has 0 saturated heterocycles. The lowest BCUT2D eigenvalue weighted by Crippen LogP contribution is -2.32. The van der Waals surface area contributed by atoms with Crippen molar-refractivity contribution in [3.63, 3.8) is 0 Å². The maximum atomic E-state index is 9.56. The van der Waals surface area contributed by atoms with E-state index < -0.39 is 0 Å². The van der Waals surface area contributed by atoms with E-state index >= 15 is 0 Å². The highest BCUT2D eigenvalue weighted by Crippen LogP contribution is 2.30. The van der Waals surface area contributed by atoms with Crippen molar-refractivity contribution >= 4 is 11.5 Å². The van der Waals surface area contributed by atoms with Crippen LogP contribution in [0.5, 0.6) is 0 Å². The van der Waals surface area contributed by atoms with E-state index in [1.165, 1.54) is 0 Å². The molecule has 0 bridgehead atoms. The largest absolute Gasteiger partial charge is 0.366 e. The summed E-state index contributed by atoms with van der Waals surface area (Å²) in [5.74, 6) is 1.57. The first-order valence-corrected chi connectivity index (χ1v) is 9.68. The Morgan fingerprint density at radius 3 is 2.69 bits per heavy atom. The van der Waals surface area contributed by atoms with Gasteiger partial charge in [-0.15, -0.1) is 0 Å². The fourth-order valence-corrected chi connectivity index (χ4v) is 3.60. The Balaban J connectivity index is 1.61. The van der Waals surface area contributed by atoms with E-state index in [1.54, 1.807) is 6.33 Å². The minimum atomic E-state index is 0.0130. The normalized spacial score (nSPS) is 14.1. The molecular weight excluding hydrogens is 362 g/mol. The van der Waals surface area contributed by atoms with Gasteiger partial charge in [-0.2, -0.15) is 5.26 Å². The highest BCUT2D eigenvalue weighted by Gasteiger charge is 2.23. The lowest BCUT2D eigenvalue weighted by Gasteiger charge is -2.32. The summed E-state index contributed by atoms with van der Waals surface area (Å²) >= 11 is 0. The Bertz CT molecular complexity index is 1070. The quantitative estimate of drug-likeness (QED) is 0.735. The van der Waals surface area contributed by atoms with Gasteiger partial charge in [-0.05, 0) is 38.5 Å². The van der Waals surface area contributed by atoms with Crippen LogP contribution in [0.15, 0.2) is 36.9 Å². The third kappa shape index (κ3) is 3.87. The molecule has 0 fully saturated rings. The van der Waals surface area contributed by atoms with Crippen LogP contribution in [0.2, 0.25) is 0 Å². The number of anilines is 2. The van der Waals surface area contributed by atoms with Gasteiger partial charge in [0, 0.05) is 43.0 Å². The number of nitriles is 1. The number of fused-ring (bicyclic) bond motifs is 1. The standard InChI is InChI=1S/C22H23N7/c1-14-4-5-21(17(8-14)9-23)29-7-6-20-19(12-29)22(27-13-26-20)28-15(2)18-10-24-16(3)25-11-18/h4-5,8,10-11,13,15H,6-7,12H2,1-3H3,(H,26,27,28)/t15-/m0/s1. The van der Waals surface area contributed by atoms with E-state index in [0.717, 1.165) is 52.7 Å². The molecular formula is C22H23N7. The monoisotopic (exact) mass is 385 g/mol. The molecule has 1 atom stereocenters. The van der Waals surface area contributed by atoms with Crippen LogP contribution in [0.25, 0.3) is 0 Å². The summed E-state index contributed by atoms with van der Waals surface area (Å²) in [6.45, 7) is 7.42. The van der Waals surface area contributed by atoms with E-state index in [1.807, 2.05) is 44.4 Å². The molecule has 4 rings (SSSR count). The molecule has 0 aliphatic carbocycles. The lowest BCUT2D eigenvalue weighted by molar-refractivity contribution is 0.702. The molecule has 0 spiro atoms. The van der Waals surface area contributed by atoms with Gasteiger partial charge in [0.05, 0.1) is 23.0 Å². The van der Waals surface area contributed by atoms with Gasteiger partial charge in [0.2, 0.25) is 0 Å². The van der Waals surface area contributed by atoms with Gasteiger partial charge in [-0.3, -0.25) is 0 Å². The third-order valence-corrected chi connectivity index (χ3v) is 5.27. The van der Waals surface area contributed by atoms with Crippen molar-refractivity contribution in [1.29, 1.82) is 5.26 Å².